The van der Waals surface area contributed by atoms with Gasteiger partial charge in [-0.15, -0.1) is 0 Å². The zero-order chi connectivity index (χ0) is 21.3. The minimum atomic E-state index is -4.51. The first-order valence-electron chi connectivity index (χ1n) is 9.51. The fourth-order valence-corrected chi connectivity index (χ4v) is 3.32. The molecule has 1 aliphatic rings. The normalized spacial score (nSPS) is 17.6. The van der Waals surface area contributed by atoms with Crippen molar-refractivity contribution in [3.8, 4) is 0 Å². The molecule has 0 unspecified atom stereocenters. The first-order valence-corrected chi connectivity index (χ1v) is 9.51. The Morgan fingerprint density at radius 3 is 2.29 bits per heavy atom. The Hall–Kier alpha value is -1.77. The fourth-order valence-electron chi connectivity index (χ4n) is 3.32. The number of rotatable bonds is 4. The Morgan fingerprint density at radius 1 is 1.21 bits per heavy atom. The van der Waals surface area contributed by atoms with Crippen LogP contribution < -0.4 is 5.32 Å². The summed E-state index contributed by atoms with van der Waals surface area (Å²) in [5.74, 6) is 0.0112. The van der Waals surface area contributed by atoms with Crippen LogP contribution in [0.3, 0.4) is 0 Å². The highest BCUT2D eigenvalue weighted by Crippen LogP contribution is 2.34. The van der Waals surface area contributed by atoms with E-state index in [0.717, 1.165) is 32.0 Å². The summed E-state index contributed by atoms with van der Waals surface area (Å²) in [5.41, 5.74) is -1.82. The maximum Gasteiger partial charge on any atom is 0.435 e. The van der Waals surface area contributed by atoms with Gasteiger partial charge in [0.2, 0.25) is 0 Å². The summed E-state index contributed by atoms with van der Waals surface area (Å²) in [4.78, 5) is 14.3. The van der Waals surface area contributed by atoms with Crippen LogP contribution in [0.2, 0.25) is 0 Å². The van der Waals surface area contributed by atoms with E-state index < -0.39 is 29.1 Å². The molecule has 1 aromatic rings. The van der Waals surface area contributed by atoms with Crippen molar-refractivity contribution in [2.45, 2.75) is 77.2 Å². The van der Waals surface area contributed by atoms with Crippen LogP contribution in [-0.4, -0.2) is 52.1 Å². The van der Waals surface area contributed by atoms with Crippen molar-refractivity contribution in [1.29, 1.82) is 0 Å². The Labute approximate surface area is 164 Å². The second-order valence-corrected chi connectivity index (χ2v) is 9.20. The summed E-state index contributed by atoms with van der Waals surface area (Å²) < 4.78 is 46.5. The minimum absolute atomic E-state index is 0.0112. The predicted octanol–water partition coefficient (Wildman–Crippen LogP) is 4.01. The van der Waals surface area contributed by atoms with E-state index in [0.29, 0.717) is 5.69 Å². The lowest BCUT2D eigenvalue weighted by Gasteiger charge is -2.32. The first-order chi connectivity index (χ1) is 12.7. The molecule has 0 spiro atoms. The lowest BCUT2D eigenvalue weighted by atomic mass is 9.93. The van der Waals surface area contributed by atoms with E-state index in [2.05, 4.69) is 15.3 Å². The van der Waals surface area contributed by atoms with Crippen molar-refractivity contribution in [1.82, 2.24) is 20.0 Å². The van der Waals surface area contributed by atoms with E-state index in [-0.39, 0.29) is 12.5 Å². The van der Waals surface area contributed by atoms with Crippen LogP contribution in [0.25, 0.3) is 0 Å². The van der Waals surface area contributed by atoms with Gasteiger partial charge in [-0.25, -0.2) is 4.79 Å². The molecule has 28 heavy (non-hydrogen) atoms. The number of ether oxygens (including phenoxy) is 1. The van der Waals surface area contributed by atoms with Crippen LogP contribution in [0.5, 0.6) is 0 Å². The largest absolute Gasteiger partial charge is 0.444 e. The zero-order valence-electron chi connectivity index (χ0n) is 17.5. The van der Waals surface area contributed by atoms with E-state index in [1.54, 1.807) is 34.6 Å². The molecular formula is C19H31F3N4O2. The predicted molar refractivity (Wildman–Crippen MR) is 100 cm³/mol. The van der Waals surface area contributed by atoms with Crippen LogP contribution in [0.15, 0.2) is 6.07 Å². The van der Waals surface area contributed by atoms with Crippen molar-refractivity contribution >= 4 is 6.09 Å². The zero-order valence-corrected chi connectivity index (χ0v) is 17.5. The number of carbonyl (C=O) groups is 1. The number of carbonyl (C=O) groups excluding carboxylic acids is 1. The number of halogens is 3. The number of piperidine rings is 1. The van der Waals surface area contributed by atoms with Crippen LogP contribution in [0.4, 0.5) is 18.0 Å². The highest BCUT2D eigenvalue weighted by Gasteiger charge is 2.37. The minimum Gasteiger partial charge on any atom is -0.444 e. The van der Waals surface area contributed by atoms with Gasteiger partial charge in [-0.1, -0.05) is 0 Å². The molecular weight excluding hydrogens is 373 g/mol. The number of likely N-dealkylation sites (tertiary alicyclic amines) is 1. The molecule has 0 aliphatic carbocycles. The van der Waals surface area contributed by atoms with Crippen molar-refractivity contribution in [2.75, 3.05) is 20.1 Å². The van der Waals surface area contributed by atoms with E-state index in [1.807, 2.05) is 7.05 Å². The van der Waals surface area contributed by atoms with Gasteiger partial charge in [0.15, 0.2) is 5.69 Å². The molecule has 6 nitrogen and oxygen atoms in total. The van der Waals surface area contributed by atoms with Gasteiger partial charge < -0.3 is 15.0 Å². The summed E-state index contributed by atoms with van der Waals surface area (Å²) in [6, 6.07) is 1.15. The number of nitrogens with zero attached hydrogens (tertiary/aromatic N) is 3. The maximum atomic E-state index is 13.3. The standard InChI is InChI=1S/C19H31F3N4O2/c1-17(2,3)28-16(27)23-18(4,5)12-26-14(11-15(24-26)19(20,21)22)13-7-9-25(6)10-8-13/h11,13H,7-10,12H2,1-6H3,(H,23,27). The molecule has 0 aromatic carbocycles. The summed E-state index contributed by atoms with van der Waals surface area (Å²) in [6.07, 6.45) is -3.56. The third-order valence-corrected chi connectivity index (χ3v) is 4.62. The Kier molecular flexibility index (Phi) is 6.37. The highest BCUT2D eigenvalue weighted by molar-refractivity contribution is 5.68. The fraction of sp³-hybridized carbons (Fsp3) is 0.789. The molecule has 1 amide bonds. The van der Waals surface area contributed by atoms with Gasteiger partial charge in [0.05, 0.1) is 12.1 Å². The lowest BCUT2D eigenvalue weighted by molar-refractivity contribution is -0.141. The summed E-state index contributed by atoms with van der Waals surface area (Å²) in [5, 5.41) is 6.56. The highest BCUT2D eigenvalue weighted by atomic mass is 19.4. The monoisotopic (exact) mass is 404 g/mol. The maximum absolute atomic E-state index is 13.3. The SMILES string of the molecule is CN1CCC(c2cc(C(F)(F)F)nn2CC(C)(C)NC(=O)OC(C)(C)C)CC1. The van der Waals surface area contributed by atoms with Gasteiger partial charge in [0.1, 0.15) is 5.60 Å². The number of aromatic nitrogens is 2. The average Bonchev–Trinajstić information content (AvgIpc) is 2.88. The number of alkyl carbamates (subject to hydrolysis) is 1. The van der Waals surface area contributed by atoms with Crippen molar-refractivity contribution in [3.63, 3.8) is 0 Å². The van der Waals surface area contributed by atoms with Crippen molar-refractivity contribution in [3.05, 3.63) is 17.5 Å². The third kappa shape index (κ3) is 6.39. The number of amides is 1. The van der Waals surface area contributed by atoms with Crippen molar-refractivity contribution < 1.29 is 22.7 Å². The number of hydrogen-bond acceptors (Lipinski definition) is 4. The Balaban J connectivity index is 2.22. The molecule has 1 aromatic heterocycles. The Morgan fingerprint density at radius 2 is 1.79 bits per heavy atom. The molecule has 1 fully saturated rings. The van der Waals surface area contributed by atoms with E-state index in [9.17, 15) is 18.0 Å². The molecule has 1 aliphatic heterocycles. The third-order valence-electron chi connectivity index (χ3n) is 4.62. The van der Waals surface area contributed by atoms with E-state index in [4.69, 9.17) is 4.74 Å². The van der Waals surface area contributed by atoms with E-state index >= 15 is 0 Å². The number of alkyl halides is 3. The van der Waals surface area contributed by atoms with Gasteiger partial charge in [0, 0.05) is 11.6 Å². The molecule has 1 saturated heterocycles. The molecule has 0 bridgehead atoms. The lowest BCUT2D eigenvalue weighted by Crippen LogP contribution is -2.48. The summed E-state index contributed by atoms with van der Waals surface area (Å²) in [7, 11) is 2.00. The average molecular weight is 404 g/mol. The smallest absolute Gasteiger partial charge is 0.435 e. The molecule has 0 radical (unpaired) electrons. The first kappa shape index (κ1) is 22.5. The van der Waals surface area contributed by atoms with Crippen molar-refractivity contribution in [2.24, 2.45) is 0 Å². The van der Waals surface area contributed by atoms with Gasteiger partial charge in [0.25, 0.3) is 0 Å². The molecule has 0 saturated carbocycles. The second kappa shape index (κ2) is 7.93. The molecule has 2 heterocycles. The van der Waals surface area contributed by atoms with Crippen LogP contribution in [-0.2, 0) is 17.5 Å². The van der Waals surface area contributed by atoms with Gasteiger partial charge >= 0.3 is 12.3 Å². The topological polar surface area (TPSA) is 59.4 Å². The van der Waals surface area contributed by atoms with Gasteiger partial charge in [-0.05, 0) is 73.7 Å². The van der Waals surface area contributed by atoms with Gasteiger partial charge in [-0.3, -0.25) is 4.68 Å². The molecule has 2 rings (SSSR count). The van der Waals surface area contributed by atoms with Crippen LogP contribution in [0.1, 0.15) is 64.8 Å². The molecule has 160 valence electrons. The number of hydrogen-bond donors (Lipinski definition) is 1. The quantitative estimate of drug-likeness (QED) is 0.824. The second-order valence-electron chi connectivity index (χ2n) is 9.20. The van der Waals surface area contributed by atoms with Crippen LogP contribution >= 0.6 is 0 Å². The van der Waals surface area contributed by atoms with E-state index in [1.165, 1.54) is 4.68 Å². The van der Waals surface area contributed by atoms with Crippen LogP contribution in [0, 0.1) is 0 Å². The molecule has 9 heteroatoms. The summed E-state index contributed by atoms with van der Waals surface area (Å²) >= 11 is 0. The number of nitrogens with one attached hydrogen (secondary N) is 1. The summed E-state index contributed by atoms with van der Waals surface area (Å²) in [6.45, 7) is 10.5. The Bertz CT molecular complexity index is 684. The molecule has 0 atom stereocenters. The van der Waals surface area contributed by atoms with Gasteiger partial charge in [-0.2, -0.15) is 18.3 Å². The molecule has 1 N–H and O–H groups in total.